The van der Waals surface area contributed by atoms with Crippen molar-refractivity contribution in [3.63, 3.8) is 0 Å². The fourth-order valence-electron chi connectivity index (χ4n) is 4.76. The van der Waals surface area contributed by atoms with E-state index in [2.05, 4.69) is 23.9 Å². The number of imidazole rings is 1. The Morgan fingerprint density at radius 3 is 2.40 bits per heavy atom. The molecule has 4 heterocycles. The van der Waals surface area contributed by atoms with Crippen LogP contribution in [0.4, 0.5) is 18.9 Å². The predicted molar refractivity (Wildman–Crippen MR) is 153 cm³/mol. The standard InChI is InChI=1S/C27H29ClF3N7.C2H6/c1-6-36-15-22(27(29,30)31)34-25(36)17-7-9-18(10-8-17)33-24-21-13-20(35-37(21)12-11-26(24,4)5)23-19(28)14-32-38(23)16(2)3;1-2/h7-10,13-16H,6,11-12H2,1-5H3;1-2H3. The lowest BCUT2D eigenvalue weighted by Gasteiger charge is -2.32. The van der Waals surface area contributed by atoms with E-state index in [1.807, 2.05) is 43.1 Å². The van der Waals surface area contributed by atoms with Crippen LogP contribution < -0.4 is 0 Å². The molecule has 0 saturated heterocycles. The van der Waals surface area contributed by atoms with Gasteiger partial charge in [0, 0.05) is 36.3 Å². The van der Waals surface area contributed by atoms with Gasteiger partial charge >= 0.3 is 6.18 Å². The molecule has 0 amide bonds. The van der Waals surface area contributed by atoms with Crippen LogP contribution in [0.1, 0.15) is 72.3 Å². The summed E-state index contributed by atoms with van der Waals surface area (Å²) < 4.78 is 45.0. The van der Waals surface area contributed by atoms with Gasteiger partial charge < -0.3 is 4.57 Å². The summed E-state index contributed by atoms with van der Waals surface area (Å²) in [6, 6.07) is 9.26. The first kappa shape index (κ1) is 29.6. The van der Waals surface area contributed by atoms with Crippen molar-refractivity contribution in [3.8, 4) is 22.8 Å². The third-order valence-electron chi connectivity index (χ3n) is 6.87. The van der Waals surface area contributed by atoms with Crippen LogP contribution in [-0.2, 0) is 19.3 Å². The maximum Gasteiger partial charge on any atom is 0.434 e. The Labute approximate surface area is 237 Å². The smallest absolute Gasteiger partial charge is 0.331 e. The van der Waals surface area contributed by atoms with E-state index in [0.717, 1.165) is 42.0 Å². The second-order valence-electron chi connectivity index (χ2n) is 10.4. The summed E-state index contributed by atoms with van der Waals surface area (Å²) in [6.07, 6.45) is -0.961. The van der Waals surface area contributed by atoms with Crippen molar-refractivity contribution in [1.29, 1.82) is 0 Å². The van der Waals surface area contributed by atoms with E-state index in [1.165, 1.54) is 4.57 Å². The number of alkyl halides is 3. The average Bonchev–Trinajstić information content (AvgIpc) is 3.63. The van der Waals surface area contributed by atoms with Crippen LogP contribution in [0.2, 0.25) is 5.02 Å². The Balaban J connectivity index is 0.00000181. The molecule has 0 aliphatic carbocycles. The number of aryl methyl sites for hydroxylation is 2. The molecule has 0 spiro atoms. The van der Waals surface area contributed by atoms with E-state index in [0.29, 0.717) is 22.8 Å². The van der Waals surface area contributed by atoms with Gasteiger partial charge in [0.15, 0.2) is 5.69 Å². The first-order valence-electron chi connectivity index (χ1n) is 13.5. The number of fused-ring (bicyclic) bond motifs is 1. The Morgan fingerprint density at radius 2 is 1.80 bits per heavy atom. The number of aliphatic imine (C=N–C) groups is 1. The SMILES string of the molecule is CC.CCn1cc(C(F)(F)F)nc1-c1ccc(N=C2c3cc(-c4c(Cl)cnn4C(C)C)nn3CCC2(C)C)cc1. The summed E-state index contributed by atoms with van der Waals surface area (Å²) in [5.41, 5.74) is 3.49. The third kappa shape index (κ3) is 5.59. The van der Waals surface area contributed by atoms with Gasteiger partial charge in [0.05, 0.1) is 28.3 Å². The van der Waals surface area contributed by atoms with Gasteiger partial charge in [0.1, 0.15) is 17.2 Å². The number of benzene rings is 1. The monoisotopic (exact) mass is 573 g/mol. The van der Waals surface area contributed by atoms with Crippen LogP contribution in [-0.4, -0.2) is 34.8 Å². The van der Waals surface area contributed by atoms with E-state index in [-0.39, 0.29) is 17.3 Å². The topological polar surface area (TPSA) is 65.8 Å². The van der Waals surface area contributed by atoms with E-state index < -0.39 is 11.9 Å². The van der Waals surface area contributed by atoms with Gasteiger partial charge in [-0.25, -0.2) is 4.98 Å². The zero-order valence-electron chi connectivity index (χ0n) is 23.9. The Bertz CT molecular complexity index is 1510. The van der Waals surface area contributed by atoms with Crippen LogP contribution in [0.5, 0.6) is 0 Å². The summed E-state index contributed by atoms with van der Waals surface area (Å²) in [7, 11) is 0. The molecule has 4 aromatic rings. The maximum atomic E-state index is 13.2. The number of rotatable bonds is 5. The second-order valence-corrected chi connectivity index (χ2v) is 10.8. The molecule has 1 aromatic carbocycles. The molecule has 0 saturated carbocycles. The highest BCUT2D eigenvalue weighted by Gasteiger charge is 2.36. The first-order valence-corrected chi connectivity index (χ1v) is 13.9. The molecule has 1 aliphatic rings. The summed E-state index contributed by atoms with van der Waals surface area (Å²) in [5, 5.41) is 9.79. The molecular formula is C29H35ClF3N7. The quantitative estimate of drug-likeness (QED) is 0.240. The molecule has 3 aromatic heterocycles. The van der Waals surface area contributed by atoms with Crippen molar-refractivity contribution in [2.75, 3.05) is 0 Å². The molecule has 5 rings (SSSR count). The minimum Gasteiger partial charge on any atom is -0.331 e. The van der Waals surface area contributed by atoms with Crippen LogP contribution in [0.15, 0.2) is 47.7 Å². The molecule has 0 unspecified atom stereocenters. The lowest BCUT2D eigenvalue weighted by molar-refractivity contribution is -0.140. The summed E-state index contributed by atoms with van der Waals surface area (Å²) >= 11 is 6.49. The molecule has 0 atom stereocenters. The van der Waals surface area contributed by atoms with Gasteiger partial charge in [-0.3, -0.25) is 14.4 Å². The molecule has 1 aliphatic heterocycles. The molecule has 0 radical (unpaired) electrons. The van der Waals surface area contributed by atoms with Crippen molar-refractivity contribution in [2.45, 2.75) is 80.2 Å². The minimum atomic E-state index is -4.49. The van der Waals surface area contributed by atoms with Crippen molar-refractivity contribution in [2.24, 2.45) is 10.4 Å². The predicted octanol–water partition coefficient (Wildman–Crippen LogP) is 8.46. The minimum absolute atomic E-state index is 0.120. The molecule has 214 valence electrons. The van der Waals surface area contributed by atoms with Crippen molar-refractivity contribution >= 4 is 23.0 Å². The van der Waals surface area contributed by atoms with Crippen LogP contribution in [0.3, 0.4) is 0 Å². The van der Waals surface area contributed by atoms with Gasteiger partial charge in [-0.1, -0.05) is 39.3 Å². The number of hydrogen-bond acceptors (Lipinski definition) is 4. The van der Waals surface area contributed by atoms with Gasteiger partial charge in [-0.2, -0.15) is 23.4 Å². The third-order valence-corrected chi connectivity index (χ3v) is 7.15. The van der Waals surface area contributed by atoms with E-state index in [1.54, 1.807) is 37.4 Å². The second kappa shape index (κ2) is 11.2. The zero-order valence-corrected chi connectivity index (χ0v) is 24.6. The fraction of sp³-hybridized carbons (Fsp3) is 0.448. The first-order chi connectivity index (χ1) is 18.9. The highest BCUT2D eigenvalue weighted by atomic mass is 35.5. The Morgan fingerprint density at radius 1 is 1.12 bits per heavy atom. The van der Waals surface area contributed by atoms with Crippen LogP contribution >= 0.6 is 11.6 Å². The zero-order chi connectivity index (χ0) is 29.4. The molecule has 0 fully saturated rings. The summed E-state index contributed by atoms with van der Waals surface area (Å²) in [6.45, 7) is 15.3. The van der Waals surface area contributed by atoms with Gasteiger partial charge in [-0.05, 0) is 57.5 Å². The normalized spacial score (nSPS) is 15.8. The Hall–Kier alpha value is -3.40. The molecule has 7 nitrogen and oxygen atoms in total. The average molecular weight is 574 g/mol. The highest BCUT2D eigenvalue weighted by molar-refractivity contribution is 6.33. The number of nitrogens with zero attached hydrogens (tertiary/aromatic N) is 7. The summed E-state index contributed by atoms with van der Waals surface area (Å²) in [5.74, 6) is 0.276. The van der Waals surface area contributed by atoms with Crippen LogP contribution in [0, 0.1) is 5.41 Å². The highest BCUT2D eigenvalue weighted by Crippen LogP contribution is 2.38. The molecular weight excluding hydrogens is 539 g/mol. The van der Waals surface area contributed by atoms with Crippen LogP contribution in [0.25, 0.3) is 22.8 Å². The molecule has 40 heavy (non-hydrogen) atoms. The lowest BCUT2D eigenvalue weighted by atomic mass is 9.80. The number of halogens is 4. The van der Waals surface area contributed by atoms with Crippen molar-refractivity contribution < 1.29 is 13.2 Å². The number of aromatic nitrogens is 6. The summed E-state index contributed by atoms with van der Waals surface area (Å²) in [4.78, 5) is 8.85. The van der Waals surface area contributed by atoms with Crippen molar-refractivity contribution in [1.82, 2.24) is 29.1 Å². The molecule has 0 bridgehead atoms. The maximum absolute atomic E-state index is 13.2. The fourth-order valence-corrected chi connectivity index (χ4v) is 4.99. The van der Waals surface area contributed by atoms with Gasteiger partial charge in [0.25, 0.3) is 0 Å². The molecule has 11 heteroatoms. The van der Waals surface area contributed by atoms with E-state index in [9.17, 15) is 13.2 Å². The molecule has 0 N–H and O–H groups in total. The van der Waals surface area contributed by atoms with E-state index in [4.69, 9.17) is 21.7 Å². The van der Waals surface area contributed by atoms with E-state index >= 15 is 0 Å². The largest absolute Gasteiger partial charge is 0.434 e. The van der Waals surface area contributed by atoms with Gasteiger partial charge in [0.2, 0.25) is 0 Å². The lowest BCUT2D eigenvalue weighted by Crippen LogP contribution is -2.34. The Kier molecular flexibility index (Phi) is 8.31. The van der Waals surface area contributed by atoms with Crippen molar-refractivity contribution in [3.05, 3.63) is 59.1 Å². The van der Waals surface area contributed by atoms with Gasteiger partial charge in [-0.15, -0.1) is 0 Å². The number of hydrogen-bond donors (Lipinski definition) is 0.